The number of nitro groups is 1. The highest BCUT2D eigenvalue weighted by molar-refractivity contribution is 4.72. The molecule has 0 aromatic heterocycles. The zero-order valence-electron chi connectivity index (χ0n) is 8.26. The van der Waals surface area contributed by atoms with Crippen molar-refractivity contribution in [2.45, 2.75) is 38.7 Å². The molecule has 0 fully saturated rings. The molecule has 0 radical (unpaired) electrons. The second-order valence-corrected chi connectivity index (χ2v) is 3.36. The summed E-state index contributed by atoms with van der Waals surface area (Å²) in [6, 6.07) is 0. The Bertz CT molecular complexity index is 202. The van der Waals surface area contributed by atoms with E-state index in [1.54, 1.807) is 0 Å². The minimum atomic E-state index is -1.30. The minimum Gasteiger partial charge on any atom is -0.301 e. The van der Waals surface area contributed by atoms with Crippen LogP contribution in [-0.4, -0.2) is 22.2 Å². The topological polar surface area (TPSA) is 95.5 Å². The number of nitrogens with zero attached hydrogens (tertiary/aromatic N) is 2. The number of hydrogen-bond acceptors (Lipinski definition) is 5. The standard InChI is InChI=1S/C7H14N2O5/c1-3-4-5-7(2,6-8(10)11)14-9(12)13/h3-6H2,1-2H3. The third kappa shape index (κ3) is 5.28. The van der Waals surface area contributed by atoms with Gasteiger partial charge in [-0.05, 0) is 13.3 Å². The predicted molar refractivity (Wildman–Crippen MR) is 47.9 cm³/mol. The van der Waals surface area contributed by atoms with Gasteiger partial charge in [0.25, 0.3) is 5.09 Å². The monoisotopic (exact) mass is 206 g/mol. The Balaban J connectivity index is 4.31. The first-order valence-corrected chi connectivity index (χ1v) is 4.35. The molecule has 1 unspecified atom stereocenters. The molecule has 14 heavy (non-hydrogen) atoms. The summed E-state index contributed by atoms with van der Waals surface area (Å²) in [4.78, 5) is 24.1. The third-order valence-electron chi connectivity index (χ3n) is 1.82. The van der Waals surface area contributed by atoms with Crippen LogP contribution in [0.5, 0.6) is 0 Å². The van der Waals surface area contributed by atoms with E-state index in [-0.39, 0.29) is 0 Å². The van der Waals surface area contributed by atoms with Crippen LogP contribution < -0.4 is 0 Å². The highest BCUT2D eigenvalue weighted by Gasteiger charge is 2.34. The molecule has 1 atom stereocenters. The Morgan fingerprint density at radius 3 is 2.29 bits per heavy atom. The lowest BCUT2D eigenvalue weighted by atomic mass is 9.99. The van der Waals surface area contributed by atoms with Gasteiger partial charge in [-0.3, -0.25) is 10.1 Å². The maximum Gasteiger partial charge on any atom is 0.295 e. The molecular weight excluding hydrogens is 192 g/mol. The highest BCUT2D eigenvalue weighted by Crippen LogP contribution is 2.19. The van der Waals surface area contributed by atoms with Gasteiger partial charge in [-0.2, -0.15) is 0 Å². The summed E-state index contributed by atoms with van der Waals surface area (Å²) in [6.45, 7) is 2.74. The smallest absolute Gasteiger partial charge is 0.295 e. The van der Waals surface area contributed by atoms with Gasteiger partial charge in [0.1, 0.15) is 0 Å². The molecule has 0 saturated heterocycles. The predicted octanol–water partition coefficient (Wildman–Crippen LogP) is 1.42. The van der Waals surface area contributed by atoms with Crippen molar-refractivity contribution < 1.29 is 14.8 Å². The van der Waals surface area contributed by atoms with E-state index in [1.165, 1.54) is 6.92 Å². The Morgan fingerprint density at radius 1 is 1.36 bits per heavy atom. The van der Waals surface area contributed by atoms with Gasteiger partial charge in [0.2, 0.25) is 6.54 Å². The molecule has 0 aliphatic carbocycles. The molecule has 0 saturated carbocycles. The summed E-state index contributed by atoms with van der Waals surface area (Å²) in [6.07, 6.45) is 1.79. The molecule has 0 aliphatic heterocycles. The molecule has 0 amide bonds. The van der Waals surface area contributed by atoms with Crippen LogP contribution in [-0.2, 0) is 4.84 Å². The van der Waals surface area contributed by atoms with Crippen molar-refractivity contribution in [1.82, 2.24) is 0 Å². The van der Waals surface area contributed by atoms with Crippen molar-refractivity contribution in [2.75, 3.05) is 6.54 Å². The Kier molecular flexibility index (Phi) is 4.82. The molecule has 0 heterocycles. The van der Waals surface area contributed by atoms with Gasteiger partial charge < -0.3 is 4.84 Å². The fraction of sp³-hybridized carbons (Fsp3) is 1.00. The van der Waals surface area contributed by atoms with Gasteiger partial charge in [0, 0.05) is 4.92 Å². The maximum atomic E-state index is 10.3. The molecule has 0 spiro atoms. The minimum absolute atomic E-state index is 0.311. The molecule has 82 valence electrons. The normalized spacial score (nSPS) is 14.4. The summed E-state index contributed by atoms with van der Waals surface area (Å²) in [5.41, 5.74) is -1.30. The summed E-state index contributed by atoms with van der Waals surface area (Å²) in [5, 5.41) is 19.4. The van der Waals surface area contributed by atoms with Gasteiger partial charge in [0.15, 0.2) is 5.60 Å². The van der Waals surface area contributed by atoms with E-state index in [0.717, 1.165) is 6.42 Å². The van der Waals surface area contributed by atoms with Crippen molar-refractivity contribution >= 4 is 0 Å². The fourth-order valence-electron chi connectivity index (χ4n) is 1.16. The zero-order valence-corrected chi connectivity index (χ0v) is 8.26. The van der Waals surface area contributed by atoms with Crippen molar-refractivity contribution in [2.24, 2.45) is 0 Å². The molecule has 7 heteroatoms. The maximum absolute atomic E-state index is 10.3. The summed E-state index contributed by atoms with van der Waals surface area (Å²) >= 11 is 0. The van der Waals surface area contributed by atoms with Gasteiger partial charge >= 0.3 is 0 Å². The molecule has 0 rings (SSSR count). The summed E-state index contributed by atoms with van der Waals surface area (Å²) in [7, 11) is 0. The zero-order chi connectivity index (χ0) is 11.2. The van der Waals surface area contributed by atoms with Crippen LogP contribution in [0.15, 0.2) is 0 Å². The van der Waals surface area contributed by atoms with Crippen LogP contribution in [0.25, 0.3) is 0 Å². The summed E-state index contributed by atoms with van der Waals surface area (Å²) in [5.74, 6) is 0. The molecule has 0 aromatic rings. The SMILES string of the molecule is CCCCC(C)(C[N+](=O)[O-])O[N+](=O)[O-]. The first kappa shape index (κ1) is 12.6. The first-order valence-electron chi connectivity index (χ1n) is 4.35. The Morgan fingerprint density at radius 2 is 1.93 bits per heavy atom. The van der Waals surface area contributed by atoms with Crippen LogP contribution in [0.4, 0.5) is 0 Å². The van der Waals surface area contributed by atoms with Crippen molar-refractivity contribution in [1.29, 1.82) is 0 Å². The Labute approximate surface area is 81.3 Å². The van der Waals surface area contributed by atoms with Crippen LogP contribution in [0.2, 0.25) is 0 Å². The lowest BCUT2D eigenvalue weighted by molar-refractivity contribution is -0.787. The van der Waals surface area contributed by atoms with E-state index in [0.29, 0.717) is 12.8 Å². The van der Waals surface area contributed by atoms with E-state index >= 15 is 0 Å². The Hall–Kier alpha value is -1.40. The summed E-state index contributed by atoms with van der Waals surface area (Å²) < 4.78 is 0. The second kappa shape index (κ2) is 5.36. The molecule has 0 N–H and O–H groups in total. The van der Waals surface area contributed by atoms with Crippen LogP contribution in [0.3, 0.4) is 0 Å². The van der Waals surface area contributed by atoms with Crippen molar-refractivity contribution in [3.8, 4) is 0 Å². The molecule has 0 aromatic carbocycles. The lowest BCUT2D eigenvalue weighted by Gasteiger charge is -2.22. The second-order valence-electron chi connectivity index (χ2n) is 3.36. The molecular formula is C7H14N2O5. The fourth-order valence-corrected chi connectivity index (χ4v) is 1.16. The number of hydrogen-bond donors (Lipinski definition) is 0. The van der Waals surface area contributed by atoms with Crippen LogP contribution >= 0.6 is 0 Å². The third-order valence-corrected chi connectivity index (χ3v) is 1.82. The lowest BCUT2D eigenvalue weighted by Crippen LogP contribution is -2.38. The van der Waals surface area contributed by atoms with E-state index in [4.69, 9.17) is 0 Å². The number of rotatable bonds is 7. The van der Waals surface area contributed by atoms with Crippen molar-refractivity contribution in [3.05, 3.63) is 20.2 Å². The average Bonchev–Trinajstić information content (AvgIpc) is 1.97. The average molecular weight is 206 g/mol. The van der Waals surface area contributed by atoms with Crippen LogP contribution in [0, 0.1) is 20.2 Å². The molecule has 7 nitrogen and oxygen atoms in total. The van der Waals surface area contributed by atoms with Gasteiger partial charge in [0.05, 0.1) is 0 Å². The molecule has 0 bridgehead atoms. The highest BCUT2D eigenvalue weighted by atomic mass is 17.0. The van der Waals surface area contributed by atoms with Gasteiger partial charge in [-0.15, -0.1) is 10.1 Å². The van der Waals surface area contributed by atoms with E-state index in [1.807, 2.05) is 6.92 Å². The largest absolute Gasteiger partial charge is 0.301 e. The van der Waals surface area contributed by atoms with E-state index < -0.39 is 22.2 Å². The van der Waals surface area contributed by atoms with Gasteiger partial charge in [-0.25, -0.2) is 0 Å². The van der Waals surface area contributed by atoms with E-state index in [9.17, 15) is 20.2 Å². The van der Waals surface area contributed by atoms with Crippen molar-refractivity contribution in [3.63, 3.8) is 0 Å². The van der Waals surface area contributed by atoms with Crippen LogP contribution in [0.1, 0.15) is 33.1 Å². The van der Waals surface area contributed by atoms with E-state index in [2.05, 4.69) is 4.84 Å². The first-order chi connectivity index (χ1) is 6.39. The number of unbranched alkanes of at least 4 members (excludes halogenated alkanes) is 1. The quantitative estimate of drug-likeness (QED) is 0.463. The molecule has 0 aliphatic rings. The van der Waals surface area contributed by atoms with Gasteiger partial charge in [-0.1, -0.05) is 19.8 Å².